The molecule has 1 aromatic heterocycles. The number of likely N-dealkylation sites (tertiary alicyclic amines) is 1. The molecule has 2 aliphatic heterocycles. The van der Waals surface area contributed by atoms with Crippen LogP contribution in [0.3, 0.4) is 0 Å². The van der Waals surface area contributed by atoms with Crippen molar-refractivity contribution >= 4 is 11.9 Å². The van der Waals surface area contributed by atoms with Crippen LogP contribution in [0.2, 0.25) is 0 Å². The number of alkyl halides is 6. The number of piperidine rings is 1. The van der Waals surface area contributed by atoms with Crippen LogP contribution in [0.25, 0.3) is 0 Å². The molecular formula is C19H26F6N2O6. The maximum Gasteiger partial charge on any atom is 0.490 e. The second kappa shape index (κ2) is 11.7. The highest BCUT2D eigenvalue weighted by molar-refractivity contribution is 5.73. The van der Waals surface area contributed by atoms with E-state index in [1.54, 1.807) is 6.26 Å². The van der Waals surface area contributed by atoms with Crippen molar-refractivity contribution < 1.29 is 55.3 Å². The largest absolute Gasteiger partial charge is 0.490 e. The summed E-state index contributed by atoms with van der Waals surface area (Å²) in [6, 6.07) is 2.65. The molecule has 0 saturated carbocycles. The summed E-state index contributed by atoms with van der Waals surface area (Å²) < 4.78 is 74.8. The Balaban J connectivity index is 0.000000324. The second-order valence-electron chi connectivity index (χ2n) is 7.83. The van der Waals surface area contributed by atoms with Crippen molar-refractivity contribution in [1.82, 2.24) is 9.80 Å². The zero-order chi connectivity index (χ0) is 25.4. The van der Waals surface area contributed by atoms with Crippen LogP contribution in [-0.2, 0) is 20.9 Å². The lowest BCUT2D eigenvalue weighted by atomic mass is 9.87. The van der Waals surface area contributed by atoms with Gasteiger partial charge in [-0.25, -0.2) is 9.59 Å². The highest BCUT2D eigenvalue weighted by atomic mass is 19.4. The number of furan rings is 1. The molecule has 0 radical (unpaired) electrons. The number of ether oxygens (including phenoxy) is 1. The van der Waals surface area contributed by atoms with E-state index in [0.717, 1.165) is 39.1 Å². The molecule has 2 N–H and O–H groups in total. The predicted octanol–water partition coefficient (Wildman–Crippen LogP) is 3.23. The Kier molecular flexibility index (Phi) is 10.2. The van der Waals surface area contributed by atoms with Crippen molar-refractivity contribution in [2.45, 2.75) is 49.8 Å². The topological polar surface area (TPSA) is 103 Å². The molecule has 0 aromatic carbocycles. The van der Waals surface area contributed by atoms with Gasteiger partial charge >= 0.3 is 24.3 Å². The van der Waals surface area contributed by atoms with Gasteiger partial charge in [0.1, 0.15) is 0 Å². The van der Waals surface area contributed by atoms with Gasteiger partial charge in [0.25, 0.3) is 0 Å². The molecule has 0 bridgehead atoms. The lowest BCUT2D eigenvalue weighted by molar-refractivity contribution is -0.193. The molecule has 1 atom stereocenters. The van der Waals surface area contributed by atoms with Crippen molar-refractivity contribution in [2.24, 2.45) is 0 Å². The van der Waals surface area contributed by atoms with Gasteiger partial charge in [0.2, 0.25) is 0 Å². The summed E-state index contributed by atoms with van der Waals surface area (Å²) in [4.78, 5) is 22.6. The first-order valence-corrected chi connectivity index (χ1v) is 9.70. The van der Waals surface area contributed by atoms with E-state index in [-0.39, 0.29) is 5.60 Å². The molecule has 14 heteroatoms. The monoisotopic (exact) mass is 492 g/mol. The second-order valence-corrected chi connectivity index (χ2v) is 7.83. The van der Waals surface area contributed by atoms with E-state index < -0.39 is 24.3 Å². The van der Waals surface area contributed by atoms with Gasteiger partial charge in [-0.05, 0) is 39.4 Å². The summed E-state index contributed by atoms with van der Waals surface area (Å²) in [5.41, 5.74) is 1.43. The molecule has 1 spiro atoms. The number of nitrogens with zero attached hydrogens (tertiary/aromatic N) is 2. The standard InChI is InChI=1S/C15H24N2O2.2C2HF3O2/c1-16(2)14-9-15(19-12-14)4-6-17(7-5-15)10-13-3-8-18-11-13;2*3-2(4,5)1(6)7/h3,8,11,14H,4-7,9-10,12H2,1-2H3;2*(H,6,7). The number of hydrogen-bond donors (Lipinski definition) is 2. The van der Waals surface area contributed by atoms with Gasteiger partial charge < -0.3 is 24.3 Å². The van der Waals surface area contributed by atoms with Crippen LogP contribution in [0, 0.1) is 0 Å². The Labute approximate surface area is 185 Å². The third kappa shape index (κ3) is 10.0. The fourth-order valence-corrected chi connectivity index (χ4v) is 3.26. The molecule has 3 heterocycles. The lowest BCUT2D eigenvalue weighted by Crippen LogP contribution is -2.44. The maximum atomic E-state index is 10.6. The zero-order valence-electron chi connectivity index (χ0n) is 17.9. The first-order chi connectivity index (χ1) is 15.1. The molecule has 190 valence electrons. The minimum absolute atomic E-state index is 0.155. The lowest BCUT2D eigenvalue weighted by Gasteiger charge is -2.38. The number of carboxylic acids is 2. The van der Waals surface area contributed by atoms with Gasteiger partial charge in [-0.15, -0.1) is 0 Å². The molecule has 8 nitrogen and oxygen atoms in total. The number of aliphatic carboxylic acids is 2. The summed E-state index contributed by atoms with van der Waals surface area (Å²) in [6.45, 7) is 4.16. The molecule has 3 rings (SSSR count). The quantitative estimate of drug-likeness (QED) is 0.620. The van der Waals surface area contributed by atoms with Crippen molar-refractivity contribution in [3.63, 3.8) is 0 Å². The highest BCUT2D eigenvalue weighted by Crippen LogP contribution is 2.37. The number of carbonyl (C=O) groups is 2. The molecule has 33 heavy (non-hydrogen) atoms. The number of likely N-dealkylation sites (N-methyl/N-ethyl adjacent to an activating group) is 1. The fraction of sp³-hybridized carbons (Fsp3) is 0.684. The van der Waals surface area contributed by atoms with Crippen molar-refractivity contribution in [3.05, 3.63) is 24.2 Å². The van der Waals surface area contributed by atoms with E-state index in [1.807, 2.05) is 6.26 Å². The van der Waals surface area contributed by atoms with Gasteiger partial charge in [0.15, 0.2) is 0 Å². The summed E-state index contributed by atoms with van der Waals surface area (Å²) in [5, 5.41) is 14.2. The summed E-state index contributed by atoms with van der Waals surface area (Å²) in [7, 11) is 4.31. The van der Waals surface area contributed by atoms with Crippen molar-refractivity contribution in [3.8, 4) is 0 Å². The number of rotatable bonds is 3. The van der Waals surface area contributed by atoms with Crippen molar-refractivity contribution in [1.29, 1.82) is 0 Å². The molecule has 0 amide bonds. The van der Waals surface area contributed by atoms with Crippen LogP contribution in [0.1, 0.15) is 24.8 Å². The van der Waals surface area contributed by atoms with Gasteiger partial charge in [0.05, 0.1) is 24.7 Å². The van der Waals surface area contributed by atoms with Crippen LogP contribution in [0.4, 0.5) is 26.3 Å². The third-order valence-electron chi connectivity index (χ3n) is 5.16. The average molecular weight is 492 g/mol. The Hall–Kier alpha value is -2.32. The van der Waals surface area contributed by atoms with E-state index in [0.29, 0.717) is 6.04 Å². The van der Waals surface area contributed by atoms with Gasteiger partial charge in [-0.3, -0.25) is 4.90 Å². The SMILES string of the molecule is CN(C)C1COC2(CCN(Cc3ccoc3)CC2)C1.O=C(O)C(F)(F)F.O=C(O)C(F)(F)F. The van der Waals surface area contributed by atoms with Crippen LogP contribution >= 0.6 is 0 Å². The molecule has 1 aromatic rings. The van der Waals surface area contributed by atoms with Crippen LogP contribution in [0.15, 0.2) is 23.0 Å². The van der Waals surface area contributed by atoms with Crippen molar-refractivity contribution in [2.75, 3.05) is 33.8 Å². The van der Waals surface area contributed by atoms with Gasteiger partial charge in [0, 0.05) is 31.2 Å². The molecule has 2 fully saturated rings. The normalized spacial score (nSPS) is 20.6. The Morgan fingerprint density at radius 3 is 1.91 bits per heavy atom. The van der Waals surface area contributed by atoms with E-state index in [2.05, 4.69) is 30.0 Å². The van der Waals surface area contributed by atoms with E-state index >= 15 is 0 Å². The van der Waals surface area contributed by atoms with E-state index in [4.69, 9.17) is 29.0 Å². The molecule has 2 saturated heterocycles. The maximum absolute atomic E-state index is 10.6. The number of hydrogen-bond acceptors (Lipinski definition) is 6. The molecule has 1 unspecified atom stereocenters. The summed E-state index contributed by atoms with van der Waals surface area (Å²) in [5.74, 6) is -5.51. The first-order valence-electron chi connectivity index (χ1n) is 9.70. The third-order valence-corrected chi connectivity index (χ3v) is 5.16. The Bertz CT molecular complexity index is 719. The van der Waals surface area contributed by atoms with E-state index in [1.165, 1.54) is 12.0 Å². The fourth-order valence-electron chi connectivity index (χ4n) is 3.26. The van der Waals surface area contributed by atoms with Crippen LogP contribution in [-0.4, -0.2) is 89.7 Å². The first kappa shape index (κ1) is 28.7. The number of halogens is 6. The summed E-state index contributed by atoms with van der Waals surface area (Å²) in [6.07, 6.45) is -3.05. The van der Waals surface area contributed by atoms with E-state index in [9.17, 15) is 26.3 Å². The highest BCUT2D eigenvalue weighted by Gasteiger charge is 2.43. The predicted molar refractivity (Wildman–Crippen MR) is 101 cm³/mol. The Morgan fingerprint density at radius 2 is 1.58 bits per heavy atom. The molecule has 2 aliphatic rings. The number of carboxylic acid groups (broad SMARTS) is 2. The molecular weight excluding hydrogens is 466 g/mol. The summed E-state index contributed by atoms with van der Waals surface area (Å²) >= 11 is 0. The minimum Gasteiger partial charge on any atom is -0.475 e. The minimum atomic E-state index is -5.08. The average Bonchev–Trinajstić information content (AvgIpc) is 3.34. The Morgan fingerprint density at radius 1 is 1.09 bits per heavy atom. The van der Waals surface area contributed by atoms with Crippen LogP contribution in [0.5, 0.6) is 0 Å². The van der Waals surface area contributed by atoms with Gasteiger partial charge in [-0.1, -0.05) is 0 Å². The smallest absolute Gasteiger partial charge is 0.475 e. The zero-order valence-corrected chi connectivity index (χ0v) is 17.9. The van der Waals surface area contributed by atoms with Crippen LogP contribution < -0.4 is 0 Å². The van der Waals surface area contributed by atoms with Gasteiger partial charge in [-0.2, -0.15) is 26.3 Å². The molecule has 0 aliphatic carbocycles.